The van der Waals surface area contributed by atoms with Gasteiger partial charge in [-0.15, -0.1) is 11.8 Å². The van der Waals surface area contributed by atoms with E-state index in [2.05, 4.69) is 15.6 Å². The average Bonchev–Trinajstić information content (AvgIpc) is 3.27. The van der Waals surface area contributed by atoms with Crippen molar-refractivity contribution >= 4 is 52.8 Å². The van der Waals surface area contributed by atoms with Gasteiger partial charge in [0.05, 0.1) is 10.9 Å². The number of benzene rings is 3. The van der Waals surface area contributed by atoms with Crippen LogP contribution in [0.1, 0.15) is 27.9 Å². The first-order valence-electron chi connectivity index (χ1n) is 12.9. The number of carbonyl (C=O) groups excluding carboxylic acids is 4. The number of aryl methyl sites for hydroxylation is 1. The highest BCUT2D eigenvalue weighted by Crippen LogP contribution is 2.34. The molecule has 1 aliphatic heterocycles. The number of hydrogen-bond donors (Lipinski definition) is 2. The lowest BCUT2D eigenvalue weighted by Gasteiger charge is -2.15. The van der Waals surface area contributed by atoms with Crippen LogP contribution in [-0.4, -0.2) is 33.9 Å². The van der Waals surface area contributed by atoms with Crippen LogP contribution in [0.15, 0.2) is 114 Å². The zero-order valence-electron chi connectivity index (χ0n) is 22.1. The van der Waals surface area contributed by atoms with E-state index in [1.165, 1.54) is 16.7 Å². The molecule has 2 N–H and O–H groups in total. The van der Waals surface area contributed by atoms with Crippen LogP contribution in [0.5, 0.6) is 0 Å². The van der Waals surface area contributed by atoms with E-state index in [1.54, 1.807) is 97.3 Å². The number of imide groups is 1. The van der Waals surface area contributed by atoms with Gasteiger partial charge in [0.15, 0.2) is 0 Å². The van der Waals surface area contributed by atoms with Crippen LogP contribution in [-0.2, 0) is 14.4 Å². The Labute approximate surface area is 241 Å². The fraction of sp³-hybridized carbons (Fsp3) is 0.0938. The number of pyridine rings is 1. The smallest absolute Gasteiger partial charge is 0.272 e. The topological polar surface area (TPSA) is 108 Å². The van der Waals surface area contributed by atoms with Crippen molar-refractivity contribution in [2.75, 3.05) is 10.2 Å². The summed E-state index contributed by atoms with van der Waals surface area (Å²) in [6.45, 7) is 1.95. The lowest BCUT2D eigenvalue weighted by Crippen LogP contribution is -2.31. The molecule has 41 heavy (non-hydrogen) atoms. The maximum atomic E-state index is 13.2. The number of nitrogens with zero attached hydrogens (tertiary/aromatic N) is 2. The molecule has 1 aliphatic rings. The Hall–Kier alpha value is -5.02. The summed E-state index contributed by atoms with van der Waals surface area (Å²) in [7, 11) is 0. The molecule has 8 nitrogen and oxygen atoms in total. The lowest BCUT2D eigenvalue weighted by molar-refractivity contribution is -0.121. The Morgan fingerprint density at radius 1 is 0.927 bits per heavy atom. The van der Waals surface area contributed by atoms with Crippen molar-refractivity contribution in [3.05, 3.63) is 126 Å². The van der Waals surface area contributed by atoms with E-state index in [-0.39, 0.29) is 23.9 Å². The second-order valence-electron chi connectivity index (χ2n) is 9.36. The molecule has 0 aliphatic carbocycles. The van der Waals surface area contributed by atoms with Crippen LogP contribution in [0, 0.1) is 6.92 Å². The minimum atomic E-state index is -0.536. The first-order chi connectivity index (χ1) is 19.9. The van der Waals surface area contributed by atoms with Gasteiger partial charge in [-0.1, -0.05) is 42.0 Å². The fourth-order valence-corrected chi connectivity index (χ4v) is 5.27. The Bertz CT molecular complexity index is 1610. The first-order valence-corrected chi connectivity index (χ1v) is 13.7. The maximum absolute atomic E-state index is 13.2. The summed E-state index contributed by atoms with van der Waals surface area (Å²) in [6, 6.07) is 26.4. The van der Waals surface area contributed by atoms with Crippen molar-refractivity contribution in [1.29, 1.82) is 0 Å². The van der Waals surface area contributed by atoms with Gasteiger partial charge in [0.2, 0.25) is 11.8 Å². The van der Waals surface area contributed by atoms with Crippen LogP contribution in [0.3, 0.4) is 0 Å². The van der Waals surface area contributed by atoms with E-state index in [0.717, 1.165) is 10.5 Å². The minimum absolute atomic E-state index is 0.0524. The Kier molecular flexibility index (Phi) is 8.36. The summed E-state index contributed by atoms with van der Waals surface area (Å²) >= 11 is 1.31. The van der Waals surface area contributed by atoms with Gasteiger partial charge in [0, 0.05) is 35.0 Å². The van der Waals surface area contributed by atoms with Gasteiger partial charge in [0.1, 0.15) is 5.70 Å². The minimum Gasteiger partial charge on any atom is -0.321 e. The van der Waals surface area contributed by atoms with E-state index < -0.39 is 17.1 Å². The van der Waals surface area contributed by atoms with Crippen molar-refractivity contribution in [2.24, 2.45) is 0 Å². The van der Waals surface area contributed by atoms with E-state index in [4.69, 9.17) is 0 Å². The molecule has 1 atom stereocenters. The fourth-order valence-electron chi connectivity index (χ4n) is 4.21. The number of thioether (sulfide) groups is 1. The predicted molar refractivity (Wildman–Crippen MR) is 159 cm³/mol. The lowest BCUT2D eigenvalue weighted by atomic mass is 10.2. The van der Waals surface area contributed by atoms with E-state index in [9.17, 15) is 19.2 Å². The number of hydrogen-bond acceptors (Lipinski definition) is 6. The summed E-state index contributed by atoms with van der Waals surface area (Å²) in [5.74, 6) is -1.41. The number of amides is 4. The number of carbonyl (C=O) groups is 4. The molecule has 1 saturated heterocycles. The van der Waals surface area contributed by atoms with Crippen molar-refractivity contribution in [3.63, 3.8) is 0 Å². The van der Waals surface area contributed by atoms with Gasteiger partial charge in [-0.25, -0.2) is 4.90 Å². The third-order valence-electron chi connectivity index (χ3n) is 6.31. The van der Waals surface area contributed by atoms with Crippen LogP contribution >= 0.6 is 11.8 Å². The molecule has 204 valence electrons. The number of aromatic nitrogens is 1. The Balaban J connectivity index is 1.26. The number of nitrogens with one attached hydrogen (secondary N) is 2. The SMILES string of the molecule is Cc1ccc(N2C(=O)CC(Sc3ccc(NC(=O)/C(=C/c4cccnc4)NC(=O)c4ccccc4)cc3)C2=O)cc1. The number of rotatable bonds is 8. The molecule has 5 rings (SSSR count). The van der Waals surface area contributed by atoms with Crippen molar-refractivity contribution in [3.8, 4) is 0 Å². The summed E-state index contributed by atoms with van der Waals surface area (Å²) in [5.41, 5.74) is 3.23. The van der Waals surface area contributed by atoms with Crippen LogP contribution in [0.2, 0.25) is 0 Å². The predicted octanol–water partition coefficient (Wildman–Crippen LogP) is 5.22. The highest BCUT2D eigenvalue weighted by atomic mass is 32.2. The number of anilines is 2. The third kappa shape index (κ3) is 6.77. The highest BCUT2D eigenvalue weighted by Gasteiger charge is 2.40. The zero-order valence-corrected chi connectivity index (χ0v) is 22.9. The molecule has 0 saturated carbocycles. The van der Waals surface area contributed by atoms with Gasteiger partial charge in [-0.3, -0.25) is 24.2 Å². The van der Waals surface area contributed by atoms with Gasteiger partial charge in [0.25, 0.3) is 11.8 Å². The molecule has 1 fully saturated rings. The second kappa shape index (κ2) is 12.4. The molecular weight excluding hydrogens is 536 g/mol. The summed E-state index contributed by atoms with van der Waals surface area (Å²) in [6.07, 6.45) is 4.87. The summed E-state index contributed by atoms with van der Waals surface area (Å²) in [5, 5.41) is 4.97. The largest absolute Gasteiger partial charge is 0.321 e. The normalized spacial score (nSPS) is 15.1. The highest BCUT2D eigenvalue weighted by molar-refractivity contribution is 8.00. The summed E-state index contributed by atoms with van der Waals surface area (Å²) < 4.78 is 0. The van der Waals surface area contributed by atoms with E-state index in [1.807, 2.05) is 19.1 Å². The van der Waals surface area contributed by atoms with Crippen LogP contribution in [0.4, 0.5) is 11.4 Å². The standard InChI is InChI=1S/C32H26N4O4S/c1-21-9-13-25(14-10-21)36-29(37)19-28(32(36)40)41-26-15-11-24(12-16-26)34-31(39)27(18-22-6-5-17-33-20-22)35-30(38)23-7-3-2-4-8-23/h2-18,20,28H,19H2,1H3,(H,34,39)(H,35,38)/b27-18-. The van der Waals surface area contributed by atoms with Gasteiger partial charge < -0.3 is 10.6 Å². The van der Waals surface area contributed by atoms with Gasteiger partial charge >= 0.3 is 0 Å². The van der Waals surface area contributed by atoms with Crippen molar-refractivity contribution < 1.29 is 19.2 Å². The van der Waals surface area contributed by atoms with Gasteiger partial charge in [-0.2, -0.15) is 0 Å². The maximum Gasteiger partial charge on any atom is 0.272 e. The molecule has 0 bridgehead atoms. The molecule has 9 heteroatoms. The monoisotopic (exact) mass is 562 g/mol. The molecule has 1 unspecified atom stereocenters. The van der Waals surface area contributed by atoms with Crippen LogP contribution in [0.25, 0.3) is 6.08 Å². The van der Waals surface area contributed by atoms with Gasteiger partial charge in [-0.05, 0) is 73.2 Å². The van der Waals surface area contributed by atoms with Crippen LogP contribution < -0.4 is 15.5 Å². The Morgan fingerprint density at radius 3 is 2.34 bits per heavy atom. The molecule has 3 aromatic carbocycles. The molecular formula is C32H26N4O4S. The molecule has 0 radical (unpaired) electrons. The molecule has 1 aromatic heterocycles. The zero-order chi connectivity index (χ0) is 28.8. The average molecular weight is 563 g/mol. The molecule has 2 heterocycles. The van der Waals surface area contributed by atoms with Crippen molar-refractivity contribution in [1.82, 2.24) is 10.3 Å². The third-order valence-corrected chi connectivity index (χ3v) is 7.51. The van der Waals surface area contributed by atoms with Crippen molar-refractivity contribution in [2.45, 2.75) is 23.5 Å². The molecule has 4 amide bonds. The quantitative estimate of drug-likeness (QED) is 0.225. The molecule has 4 aromatic rings. The van der Waals surface area contributed by atoms with E-state index >= 15 is 0 Å². The Morgan fingerprint density at radius 2 is 1.66 bits per heavy atom. The summed E-state index contributed by atoms with van der Waals surface area (Å²) in [4.78, 5) is 57.7. The first kappa shape index (κ1) is 27.5. The van der Waals surface area contributed by atoms with E-state index in [0.29, 0.717) is 22.5 Å². The molecule has 0 spiro atoms. The second-order valence-corrected chi connectivity index (χ2v) is 10.6.